The van der Waals surface area contributed by atoms with Gasteiger partial charge in [0.1, 0.15) is 35.1 Å². The molecule has 7 heterocycles. The molecule has 48 heavy (non-hydrogen) atoms. The summed E-state index contributed by atoms with van der Waals surface area (Å²) in [4.78, 5) is 19.1. The lowest BCUT2D eigenvalue weighted by atomic mass is 9.92. The van der Waals surface area contributed by atoms with Gasteiger partial charge >= 0.3 is 6.01 Å². The van der Waals surface area contributed by atoms with Crippen LogP contribution in [0.3, 0.4) is 0 Å². The summed E-state index contributed by atoms with van der Waals surface area (Å²) in [6, 6.07) is 6.68. The highest BCUT2D eigenvalue weighted by Crippen LogP contribution is 2.47. The van der Waals surface area contributed by atoms with Crippen LogP contribution in [-0.2, 0) is 0 Å². The molecule has 0 unspecified atom stereocenters. The Balaban J connectivity index is 1.26. The van der Waals surface area contributed by atoms with E-state index >= 15 is 8.78 Å². The first kappa shape index (κ1) is 29.4. The summed E-state index contributed by atoms with van der Waals surface area (Å²) in [5.74, 6) is 1.98. The average Bonchev–Trinajstić information content (AvgIpc) is 3.66. The lowest BCUT2D eigenvalue weighted by Crippen LogP contribution is -2.62. The zero-order valence-corrected chi connectivity index (χ0v) is 26.7. The zero-order valence-electron chi connectivity index (χ0n) is 26.7. The number of terminal acetylenes is 1. The van der Waals surface area contributed by atoms with Crippen molar-refractivity contribution in [3.8, 4) is 35.5 Å². The quantitative estimate of drug-likeness (QED) is 0.178. The lowest BCUT2D eigenvalue weighted by molar-refractivity contribution is 0.108. The normalized spacial score (nSPS) is 25.6. The van der Waals surface area contributed by atoms with Crippen molar-refractivity contribution in [2.45, 2.75) is 62.4 Å². The molecule has 4 fully saturated rings. The fourth-order valence-electron chi connectivity index (χ4n) is 8.96. The van der Waals surface area contributed by atoms with Gasteiger partial charge in [-0.1, -0.05) is 42.4 Å². The van der Waals surface area contributed by atoms with Crippen molar-refractivity contribution in [1.29, 1.82) is 0 Å². The van der Waals surface area contributed by atoms with Gasteiger partial charge in [-0.05, 0) is 44.7 Å². The van der Waals surface area contributed by atoms with E-state index in [-0.39, 0.29) is 69.5 Å². The van der Waals surface area contributed by atoms with Crippen LogP contribution in [0.4, 0.5) is 20.3 Å². The van der Waals surface area contributed by atoms with Crippen molar-refractivity contribution in [3.05, 3.63) is 65.8 Å². The first-order chi connectivity index (χ1) is 23.1. The Kier molecular flexibility index (Phi) is 6.33. The molecule has 0 radical (unpaired) electrons. The summed E-state index contributed by atoms with van der Waals surface area (Å²) in [5.41, 5.74) is 8.53. The molecule has 0 saturated carbocycles. The van der Waals surface area contributed by atoms with Crippen molar-refractivity contribution in [1.82, 2.24) is 25.2 Å². The molecule has 3 N–H and O–H groups in total. The number of nitrogens with two attached hydrogens (primary N) is 1. The van der Waals surface area contributed by atoms with Crippen molar-refractivity contribution >= 4 is 33.2 Å². The van der Waals surface area contributed by atoms with Gasteiger partial charge < -0.3 is 25.4 Å². The van der Waals surface area contributed by atoms with E-state index in [1.54, 1.807) is 18.2 Å². The molecule has 5 aliphatic heterocycles. The Bertz CT molecular complexity index is 2120. The number of fused-ring (bicyclic) bond motifs is 7. The summed E-state index contributed by atoms with van der Waals surface area (Å²) >= 11 is 0. The third kappa shape index (κ3) is 4.18. The maximum absolute atomic E-state index is 17.2. The number of ether oxygens (including phenoxy) is 2. The monoisotopic (exact) mass is 647 g/mol. The van der Waals surface area contributed by atoms with Gasteiger partial charge in [-0.3, -0.25) is 4.90 Å². The van der Waals surface area contributed by atoms with Crippen LogP contribution in [0.25, 0.3) is 32.9 Å². The summed E-state index contributed by atoms with van der Waals surface area (Å²) in [6.45, 7) is 13.0. The molecule has 11 heteroatoms. The Morgan fingerprint density at radius 1 is 1.12 bits per heavy atom. The van der Waals surface area contributed by atoms with E-state index in [0.717, 1.165) is 49.9 Å². The molecular formula is C37H35F2N7O2. The number of nitrogens with zero attached hydrogens (tertiary/aromatic N) is 5. The molecule has 9 rings (SSSR count). The highest BCUT2D eigenvalue weighted by molar-refractivity contribution is 6.05. The maximum Gasteiger partial charge on any atom is 0.319 e. The fourth-order valence-corrected chi connectivity index (χ4v) is 8.96. The predicted molar refractivity (Wildman–Crippen MR) is 181 cm³/mol. The van der Waals surface area contributed by atoms with Gasteiger partial charge in [-0.15, -0.1) is 6.42 Å². The molecule has 4 saturated heterocycles. The highest BCUT2D eigenvalue weighted by atomic mass is 19.1. The summed E-state index contributed by atoms with van der Waals surface area (Å²) in [5, 5.41) is 4.61. The van der Waals surface area contributed by atoms with E-state index in [4.69, 9.17) is 36.6 Å². The van der Waals surface area contributed by atoms with Crippen LogP contribution in [0.2, 0.25) is 0 Å². The number of benzene rings is 2. The van der Waals surface area contributed by atoms with E-state index in [2.05, 4.69) is 34.2 Å². The van der Waals surface area contributed by atoms with Gasteiger partial charge in [-0.25, -0.2) is 13.8 Å². The first-order valence-electron chi connectivity index (χ1n) is 16.4. The Labute approximate surface area is 276 Å². The van der Waals surface area contributed by atoms with Crippen molar-refractivity contribution in [2.24, 2.45) is 0 Å². The minimum absolute atomic E-state index is 0.00369. The Hall–Kier alpha value is -4.79. The second-order valence-corrected chi connectivity index (χ2v) is 14.1. The van der Waals surface area contributed by atoms with Crippen LogP contribution in [0.15, 0.2) is 48.6 Å². The van der Waals surface area contributed by atoms with Crippen LogP contribution >= 0.6 is 0 Å². The largest absolute Gasteiger partial charge is 0.472 e. The minimum atomic E-state index is -0.725. The van der Waals surface area contributed by atoms with Gasteiger partial charge in [0.25, 0.3) is 0 Å². The number of hydrogen-bond donors (Lipinski definition) is 2. The molecule has 2 bridgehead atoms. The third-order valence-electron chi connectivity index (χ3n) is 10.9. The van der Waals surface area contributed by atoms with Crippen LogP contribution in [0, 0.1) is 24.0 Å². The molecule has 0 aliphatic carbocycles. The van der Waals surface area contributed by atoms with Crippen LogP contribution < -0.4 is 25.4 Å². The lowest BCUT2D eigenvalue weighted by Gasteiger charge is -2.42. The number of rotatable bonds is 4. The Morgan fingerprint density at radius 3 is 2.69 bits per heavy atom. The number of hydrogen-bond acceptors (Lipinski definition) is 9. The van der Waals surface area contributed by atoms with Crippen LogP contribution in [0.5, 0.6) is 11.9 Å². The molecule has 0 spiro atoms. The highest BCUT2D eigenvalue weighted by Gasteiger charge is 2.49. The molecule has 4 aromatic rings. The molecular weight excluding hydrogens is 612 g/mol. The fraction of sp³-hybridized carbons (Fsp3) is 0.378. The smallest absolute Gasteiger partial charge is 0.319 e. The van der Waals surface area contributed by atoms with E-state index in [1.807, 2.05) is 6.92 Å². The second-order valence-electron chi connectivity index (χ2n) is 14.1. The number of piperazine rings is 1. The number of halogens is 2. The SMILES string of the molecule is C#Cc1cccc2c(F)c(N)cc(-c3nc4c5c(nc(OCC67CC(=C)CN6CC(=C)C7)nc5c3F)N3C[C@H]5CC[C@H](N5)[C@H]3[C@H](C)O4)c12. The molecule has 4 atom stereocenters. The average molecular weight is 648 g/mol. The van der Waals surface area contributed by atoms with E-state index in [9.17, 15) is 0 Å². The maximum atomic E-state index is 17.2. The van der Waals surface area contributed by atoms with Crippen molar-refractivity contribution < 1.29 is 18.3 Å². The molecule has 2 aromatic heterocycles. The van der Waals surface area contributed by atoms with Gasteiger partial charge in [-0.2, -0.15) is 9.97 Å². The van der Waals surface area contributed by atoms with Gasteiger partial charge in [0.15, 0.2) is 11.6 Å². The van der Waals surface area contributed by atoms with E-state index < -0.39 is 11.6 Å². The van der Waals surface area contributed by atoms with E-state index in [0.29, 0.717) is 35.3 Å². The summed E-state index contributed by atoms with van der Waals surface area (Å²) in [6.07, 6.45) is 9.11. The number of anilines is 2. The van der Waals surface area contributed by atoms with Crippen molar-refractivity contribution in [3.63, 3.8) is 0 Å². The number of nitrogen functional groups attached to an aromatic ring is 1. The molecule has 5 aliphatic rings. The van der Waals surface area contributed by atoms with Gasteiger partial charge in [0.2, 0.25) is 5.88 Å². The molecule has 244 valence electrons. The predicted octanol–water partition coefficient (Wildman–Crippen LogP) is 5.12. The Morgan fingerprint density at radius 2 is 1.92 bits per heavy atom. The first-order valence-corrected chi connectivity index (χ1v) is 16.4. The molecule has 9 nitrogen and oxygen atoms in total. The van der Waals surface area contributed by atoms with Gasteiger partial charge in [0, 0.05) is 53.6 Å². The zero-order chi connectivity index (χ0) is 33.1. The van der Waals surface area contributed by atoms with E-state index in [1.165, 1.54) is 6.07 Å². The number of nitrogens with one attached hydrogen (secondary N) is 1. The number of pyridine rings is 1. The minimum Gasteiger partial charge on any atom is -0.472 e. The van der Waals surface area contributed by atoms with Crippen LogP contribution in [-0.4, -0.2) is 75.9 Å². The topological polar surface area (TPSA) is 102 Å². The third-order valence-corrected chi connectivity index (χ3v) is 10.9. The number of aromatic nitrogens is 3. The van der Waals surface area contributed by atoms with Crippen molar-refractivity contribution in [2.75, 3.05) is 36.9 Å². The van der Waals surface area contributed by atoms with Gasteiger partial charge in [0.05, 0.1) is 17.3 Å². The second kappa shape index (κ2) is 10.4. The summed E-state index contributed by atoms with van der Waals surface area (Å²) < 4.78 is 45.6. The van der Waals surface area contributed by atoms with Crippen LogP contribution in [0.1, 0.15) is 38.2 Å². The summed E-state index contributed by atoms with van der Waals surface area (Å²) in [7, 11) is 0. The molecule has 0 amide bonds. The standard InChI is InChI=1S/C37H35F2N7O2/c1-5-21-7-6-8-23-27(21)24(11-25(40)29(23)38)31-30(39)32-28-34(46-16-22-9-10-26(41-22)33(46)20(4)48-35(28)42-31)44-36(43-32)47-17-37-12-18(2)14-45(37)15-19(3)13-37/h1,6-8,11,20,22,26,33,41H,2-3,9-10,12-17,40H2,4H3/t20-,22+,26-,33+/m0/s1. The molecule has 2 aromatic carbocycles.